The second-order valence-corrected chi connectivity index (χ2v) is 5.93. The van der Waals surface area contributed by atoms with Gasteiger partial charge in [-0.25, -0.2) is 4.79 Å². The summed E-state index contributed by atoms with van der Waals surface area (Å²) >= 11 is 0. The Morgan fingerprint density at radius 3 is 1.77 bits per heavy atom. The van der Waals surface area contributed by atoms with Crippen LogP contribution in [0.25, 0.3) is 0 Å². The third-order valence-electron chi connectivity index (χ3n) is 3.88. The topological polar surface area (TPSA) is 131 Å². The molecule has 0 bridgehead atoms. The highest BCUT2D eigenvalue weighted by Gasteiger charge is 2.12. The molecule has 0 saturated carbocycles. The van der Waals surface area contributed by atoms with Crippen LogP contribution in [0.15, 0.2) is 72.8 Å². The normalized spacial score (nSPS) is 10.3. The van der Waals surface area contributed by atoms with Gasteiger partial charge in [0, 0.05) is 24.3 Å². The summed E-state index contributed by atoms with van der Waals surface area (Å²) in [6.45, 7) is 0.0782. The summed E-state index contributed by atoms with van der Waals surface area (Å²) in [6.07, 6.45) is 0. The summed E-state index contributed by atoms with van der Waals surface area (Å²) in [5.74, 6) is -0.0545. The van der Waals surface area contributed by atoms with Crippen molar-refractivity contribution in [1.29, 1.82) is 0 Å². The molecule has 30 heavy (non-hydrogen) atoms. The second kappa shape index (κ2) is 9.26. The van der Waals surface area contributed by atoms with Crippen LogP contribution in [0.4, 0.5) is 11.4 Å². The molecule has 0 aliphatic heterocycles. The third kappa shape index (κ3) is 5.36. The highest BCUT2D eigenvalue weighted by Crippen LogP contribution is 2.20. The summed E-state index contributed by atoms with van der Waals surface area (Å²) in [4.78, 5) is 42.5. The first kappa shape index (κ1) is 20.4. The minimum atomic E-state index is -0.659. The molecule has 0 heterocycles. The highest BCUT2D eigenvalue weighted by atomic mass is 17.2. The zero-order chi connectivity index (χ0) is 21.5. The van der Waals surface area contributed by atoms with Crippen molar-refractivity contribution in [1.82, 2.24) is 0 Å². The molecule has 0 amide bonds. The van der Waals surface area contributed by atoms with Crippen LogP contribution in [0.2, 0.25) is 0 Å². The lowest BCUT2D eigenvalue weighted by Crippen LogP contribution is -2.08. The lowest BCUT2D eigenvalue weighted by atomic mass is 10.2. The molecule has 0 N–H and O–H groups in total. The van der Waals surface area contributed by atoms with Crippen LogP contribution >= 0.6 is 0 Å². The Balaban J connectivity index is 1.50. The smallest absolute Gasteiger partial charge is 0.343 e. The van der Waals surface area contributed by atoms with E-state index in [-0.39, 0.29) is 29.3 Å². The molecule has 0 aliphatic carbocycles. The predicted molar refractivity (Wildman–Crippen MR) is 103 cm³/mol. The summed E-state index contributed by atoms with van der Waals surface area (Å²) in [7, 11) is 0. The molecule has 0 spiro atoms. The van der Waals surface area contributed by atoms with E-state index in [1.165, 1.54) is 60.7 Å². The Bertz CT molecular complexity index is 1050. The minimum Gasteiger partial charge on any atom is -0.423 e. The average Bonchev–Trinajstić information content (AvgIpc) is 2.75. The molecule has 0 atom stereocenters. The minimum absolute atomic E-state index is 0.0152. The number of hydrogen-bond acceptors (Lipinski definition) is 8. The Hall–Kier alpha value is -4.31. The number of ether oxygens (including phenoxy) is 1. The largest absolute Gasteiger partial charge is 0.423 e. The van der Waals surface area contributed by atoms with Crippen molar-refractivity contribution in [2.24, 2.45) is 0 Å². The summed E-state index contributed by atoms with van der Waals surface area (Å²) in [5.41, 5.74) is 0.724. The van der Waals surface area contributed by atoms with Gasteiger partial charge in [-0.2, -0.15) is 4.89 Å². The number of carbonyl (C=O) groups is 1. The molecule has 0 aromatic heterocycles. The van der Waals surface area contributed by atoms with Crippen molar-refractivity contribution in [2.45, 2.75) is 6.61 Å². The first-order chi connectivity index (χ1) is 14.4. The van der Waals surface area contributed by atoms with E-state index in [0.717, 1.165) is 0 Å². The van der Waals surface area contributed by atoms with Gasteiger partial charge in [0.1, 0.15) is 12.4 Å². The van der Waals surface area contributed by atoms with Crippen LogP contribution in [0, 0.1) is 20.2 Å². The molecule has 0 radical (unpaired) electrons. The number of carbonyl (C=O) groups excluding carboxylic acids is 1. The molecule has 10 heteroatoms. The van der Waals surface area contributed by atoms with Crippen molar-refractivity contribution in [3.63, 3.8) is 0 Å². The number of rotatable bonds is 8. The Morgan fingerprint density at radius 2 is 1.23 bits per heavy atom. The van der Waals surface area contributed by atoms with Crippen molar-refractivity contribution >= 4 is 17.3 Å². The van der Waals surface area contributed by atoms with Gasteiger partial charge in [0.05, 0.1) is 15.4 Å². The summed E-state index contributed by atoms with van der Waals surface area (Å²) < 4.78 is 5.20. The van der Waals surface area contributed by atoms with Crippen LogP contribution in [0.5, 0.6) is 11.5 Å². The van der Waals surface area contributed by atoms with Gasteiger partial charge >= 0.3 is 5.97 Å². The van der Waals surface area contributed by atoms with E-state index in [2.05, 4.69) is 0 Å². The number of nitrogens with zero attached hydrogens (tertiary/aromatic N) is 2. The Labute approximate surface area is 169 Å². The number of benzene rings is 3. The van der Waals surface area contributed by atoms with Gasteiger partial charge in [-0.15, -0.1) is 0 Å². The van der Waals surface area contributed by atoms with E-state index < -0.39 is 15.8 Å². The SMILES string of the molecule is O=C(Oc1ccc(OOCc2ccc([N+](=O)[O-])cc2)cc1)c1ccc([N+](=O)[O-])cc1. The maximum Gasteiger partial charge on any atom is 0.343 e. The molecule has 10 nitrogen and oxygen atoms in total. The van der Waals surface area contributed by atoms with Gasteiger partial charge in [0.25, 0.3) is 11.4 Å². The monoisotopic (exact) mass is 410 g/mol. The van der Waals surface area contributed by atoms with E-state index in [9.17, 15) is 25.0 Å². The van der Waals surface area contributed by atoms with Gasteiger partial charge in [0.15, 0.2) is 5.75 Å². The third-order valence-corrected chi connectivity index (χ3v) is 3.88. The predicted octanol–water partition coefficient (Wildman–Crippen LogP) is 4.23. The number of nitro groups is 2. The van der Waals surface area contributed by atoms with Crippen LogP contribution in [0.3, 0.4) is 0 Å². The van der Waals surface area contributed by atoms with E-state index in [1.54, 1.807) is 12.1 Å². The molecule has 0 unspecified atom stereocenters. The fourth-order valence-electron chi connectivity index (χ4n) is 2.33. The van der Waals surface area contributed by atoms with Crippen LogP contribution in [-0.2, 0) is 11.5 Å². The molecular weight excluding hydrogens is 396 g/mol. The number of nitro benzene ring substituents is 2. The van der Waals surface area contributed by atoms with Gasteiger partial charge in [-0.05, 0) is 54.1 Å². The standard InChI is InChI=1S/C20H14N2O8/c23-20(15-3-7-17(8-4-15)22(26)27)29-18-9-11-19(12-10-18)30-28-13-14-1-5-16(6-2-14)21(24)25/h1-12H,13H2. The Morgan fingerprint density at radius 1 is 0.733 bits per heavy atom. The van der Waals surface area contributed by atoms with Gasteiger partial charge in [0.2, 0.25) is 0 Å². The summed E-state index contributed by atoms with van der Waals surface area (Å²) in [6, 6.07) is 16.9. The molecule has 3 rings (SSSR count). The van der Waals surface area contributed by atoms with E-state index in [4.69, 9.17) is 14.5 Å². The van der Waals surface area contributed by atoms with Crippen molar-refractivity contribution in [3.8, 4) is 11.5 Å². The molecule has 3 aromatic rings. The van der Waals surface area contributed by atoms with Crippen LogP contribution in [0.1, 0.15) is 15.9 Å². The van der Waals surface area contributed by atoms with E-state index in [1.807, 2.05) is 0 Å². The molecule has 3 aromatic carbocycles. The molecule has 152 valence electrons. The number of non-ortho nitro benzene ring substituents is 2. The maximum absolute atomic E-state index is 12.1. The quantitative estimate of drug-likeness (QED) is 0.177. The van der Waals surface area contributed by atoms with Crippen LogP contribution < -0.4 is 9.62 Å². The summed E-state index contributed by atoms with van der Waals surface area (Å²) in [5, 5.41) is 21.3. The number of hydrogen-bond donors (Lipinski definition) is 0. The highest BCUT2D eigenvalue weighted by molar-refractivity contribution is 5.91. The maximum atomic E-state index is 12.1. The Kier molecular flexibility index (Phi) is 6.30. The van der Waals surface area contributed by atoms with Crippen LogP contribution in [-0.4, -0.2) is 15.8 Å². The lowest BCUT2D eigenvalue weighted by molar-refractivity contribution is -0.385. The average molecular weight is 410 g/mol. The van der Waals surface area contributed by atoms with Gasteiger partial charge in [-0.3, -0.25) is 20.2 Å². The van der Waals surface area contributed by atoms with Gasteiger partial charge in [-0.1, -0.05) is 0 Å². The molecule has 0 fully saturated rings. The van der Waals surface area contributed by atoms with E-state index in [0.29, 0.717) is 11.3 Å². The van der Waals surface area contributed by atoms with Crippen molar-refractivity contribution < 1.29 is 29.2 Å². The first-order valence-electron chi connectivity index (χ1n) is 8.52. The van der Waals surface area contributed by atoms with Crippen molar-refractivity contribution in [3.05, 3.63) is 104 Å². The lowest BCUT2D eigenvalue weighted by Gasteiger charge is -2.07. The number of esters is 1. The molecule has 0 aliphatic rings. The zero-order valence-corrected chi connectivity index (χ0v) is 15.3. The fraction of sp³-hybridized carbons (Fsp3) is 0.0500. The van der Waals surface area contributed by atoms with Gasteiger partial charge < -0.3 is 9.62 Å². The van der Waals surface area contributed by atoms with E-state index >= 15 is 0 Å². The first-order valence-corrected chi connectivity index (χ1v) is 8.52. The molecular formula is C20H14N2O8. The second-order valence-electron chi connectivity index (χ2n) is 5.93. The fourth-order valence-corrected chi connectivity index (χ4v) is 2.33. The zero-order valence-electron chi connectivity index (χ0n) is 15.3. The molecule has 0 saturated heterocycles. The van der Waals surface area contributed by atoms with Crippen molar-refractivity contribution in [2.75, 3.05) is 0 Å².